The van der Waals surface area contributed by atoms with Crippen molar-refractivity contribution in [1.82, 2.24) is 20.2 Å². The second-order valence-corrected chi connectivity index (χ2v) is 5.71. The van der Waals surface area contributed by atoms with Crippen LogP contribution in [-0.2, 0) is 0 Å². The number of nitrogens with one attached hydrogen (secondary N) is 1. The van der Waals surface area contributed by atoms with Crippen LogP contribution in [0.1, 0.15) is 57.1 Å². The molecule has 1 aliphatic rings. The van der Waals surface area contributed by atoms with Crippen molar-refractivity contribution in [2.45, 2.75) is 51.4 Å². The highest BCUT2D eigenvalue weighted by atomic mass is 16.2. The minimum absolute atomic E-state index is 0.0743. The van der Waals surface area contributed by atoms with E-state index in [1.165, 1.54) is 19.3 Å². The van der Waals surface area contributed by atoms with Crippen LogP contribution >= 0.6 is 0 Å². The highest BCUT2D eigenvalue weighted by Crippen LogP contribution is 2.24. The fourth-order valence-corrected chi connectivity index (χ4v) is 2.80. The number of likely N-dealkylation sites (tertiary alicyclic amines) is 1. The van der Waals surface area contributed by atoms with E-state index in [1.54, 1.807) is 12.5 Å². The Labute approximate surface area is 127 Å². The molecule has 2 amide bonds. The normalized spacial score (nSPS) is 18.5. The Morgan fingerprint density at radius 2 is 2.33 bits per heavy atom. The van der Waals surface area contributed by atoms with Crippen molar-refractivity contribution in [3.8, 4) is 0 Å². The van der Waals surface area contributed by atoms with Crippen molar-refractivity contribution in [2.75, 3.05) is 19.6 Å². The maximum Gasteiger partial charge on any atom is 0.317 e. The summed E-state index contributed by atoms with van der Waals surface area (Å²) in [7, 11) is 0. The zero-order valence-corrected chi connectivity index (χ0v) is 12.9. The van der Waals surface area contributed by atoms with E-state index in [0.29, 0.717) is 5.92 Å². The van der Waals surface area contributed by atoms with Crippen molar-refractivity contribution >= 4 is 6.03 Å². The van der Waals surface area contributed by atoms with Gasteiger partial charge in [0.25, 0.3) is 0 Å². The summed E-state index contributed by atoms with van der Waals surface area (Å²) in [5.74, 6) is 0.340. The van der Waals surface area contributed by atoms with E-state index in [1.807, 2.05) is 11.0 Å². The third kappa shape index (κ3) is 4.99. The molecule has 2 rings (SSSR count). The number of unbranched alkanes of at least 4 members (excludes halogenated alkanes) is 3. The molecule has 0 aromatic carbocycles. The minimum atomic E-state index is 0.0743. The average Bonchev–Trinajstić information content (AvgIpc) is 2.55. The maximum atomic E-state index is 12.2. The molecule has 1 N–H and O–H groups in total. The summed E-state index contributed by atoms with van der Waals surface area (Å²) >= 11 is 0. The van der Waals surface area contributed by atoms with E-state index < -0.39 is 0 Å². The molecule has 0 unspecified atom stereocenters. The molecular weight excluding hydrogens is 264 g/mol. The van der Waals surface area contributed by atoms with E-state index in [9.17, 15) is 4.79 Å². The Morgan fingerprint density at radius 3 is 3.10 bits per heavy atom. The molecule has 5 nitrogen and oxygen atoms in total. The molecular formula is C16H26N4O. The Morgan fingerprint density at radius 1 is 1.43 bits per heavy atom. The molecule has 0 radical (unpaired) electrons. The van der Waals surface area contributed by atoms with E-state index in [4.69, 9.17) is 0 Å². The topological polar surface area (TPSA) is 58.1 Å². The molecule has 21 heavy (non-hydrogen) atoms. The standard InChI is InChI=1S/C16H26N4O/c1-2-3-4-5-9-18-16(21)20-11-6-7-14(12-20)15-8-10-17-13-19-15/h8,10,13-14H,2-7,9,11-12H2,1H3,(H,18,21)/t14-/m0/s1. The largest absolute Gasteiger partial charge is 0.338 e. The lowest BCUT2D eigenvalue weighted by Crippen LogP contribution is -2.45. The van der Waals surface area contributed by atoms with Crippen LogP contribution in [0.2, 0.25) is 0 Å². The monoisotopic (exact) mass is 290 g/mol. The lowest BCUT2D eigenvalue weighted by molar-refractivity contribution is 0.179. The van der Waals surface area contributed by atoms with Crippen LogP contribution in [0.5, 0.6) is 0 Å². The molecule has 1 aliphatic heterocycles. The molecule has 0 saturated carbocycles. The third-order valence-corrected chi connectivity index (χ3v) is 4.04. The molecule has 0 bridgehead atoms. The minimum Gasteiger partial charge on any atom is -0.338 e. The van der Waals surface area contributed by atoms with Gasteiger partial charge in [-0.15, -0.1) is 0 Å². The second-order valence-electron chi connectivity index (χ2n) is 5.71. The summed E-state index contributed by atoms with van der Waals surface area (Å²) in [5.41, 5.74) is 1.05. The summed E-state index contributed by atoms with van der Waals surface area (Å²) in [5, 5.41) is 3.04. The van der Waals surface area contributed by atoms with Crippen molar-refractivity contribution in [2.24, 2.45) is 0 Å². The number of carbonyl (C=O) groups excluding carboxylic acids is 1. The maximum absolute atomic E-state index is 12.2. The van der Waals surface area contributed by atoms with Gasteiger partial charge in [0, 0.05) is 37.4 Å². The fraction of sp³-hybridized carbons (Fsp3) is 0.688. The van der Waals surface area contributed by atoms with Gasteiger partial charge in [0.05, 0.1) is 0 Å². The Kier molecular flexibility index (Phi) is 6.44. The van der Waals surface area contributed by atoms with Gasteiger partial charge in [-0.1, -0.05) is 26.2 Å². The van der Waals surface area contributed by atoms with Gasteiger partial charge in [-0.05, 0) is 25.3 Å². The Balaban J connectivity index is 1.76. The number of rotatable bonds is 6. The first-order valence-corrected chi connectivity index (χ1v) is 8.10. The number of hydrogen-bond donors (Lipinski definition) is 1. The van der Waals surface area contributed by atoms with Crippen molar-refractivity contribution in [3.63, 3.8) is 0 Å². The predicted octanol–water partition coefficient (Wildman–Crippen LogP) is 2.95. The summed E-state index contributed by atoms with van der Waals surface area (Å²) < 4.78 is 0. The van der Waals surface area contributed by atoms with Gasteiger partial charge < -0.3 is 10.2 Å². The summed E-state index contributed by atoms with van der Waals surface area (Å²) in [4.78, 5) is 22.4. The first kappa shape index (κ1) is 15.7. The Hall–Kier alpha value is -1.65. The average molecular weight is 290 g/mol. The number of piperidine rings is 1. The molecule has 2 heterocycles. The van der Waals surface area contributed by atoms with Gasteiger partial charge in [-0.3, -0.25) is 0 Å². The molecule has 1 aromatic heterocycles. The molecule has 0 aliphatic carbocycles. The van der Waals surface area contributed by atoms with E-state index in [0.717, 1.165) is 44.6 Å². The summed E-state index contributed by atoms with van der Waals surface area (Å²) in [6, 6.07) is 2.03. The van der Waals surface area contributed by atoms with E-state index in [2.05, 4.69) is 22.2 Å². The summed E-state index contributed by atoms with van der Waals surface area (Å²) in [6.07, 6.45) is 10.2. The molecule has 5 heteroatoms. The van der Waals surface area contributed by atoms with Gasteiger partial charge in [0.15, 0.2) is 0 Å². The van der Waals surface area contributed by atoms with Gasteiger partial charge in [0.1, 0.15) is 6.33 Å². The number of carbonyl (C=O) groups is 1. The van der Waals surface area contributed by atoms with Crippen LogP contribution < -0.4 is 5.32 Å². The predicted molar refractivity (Wildman–Crippen MR) is 83.1 cm³/mol. The summed E-state index contributed by atoms with van der Waals surface area (Å²) in [6.45, 7) is 4.59. The molecule has 1 aromatic rings. The van der Waals surface area contributed by atoms with Crippen LogP contribution in [0.4, 0.5) is 4.79 Å². The molecule has 0 spiro atoms. The van der Waals surface area contributed by atoms with Crippen LogP contribution in [0.3, 0.4) is 0 Å². The van der Waals surface area contributed by atoms with Crippen LogP contribution in [0, 0.1) is 0 Å². The SMILES string of the molecule is CCCCCCNC(=O)N1CCC[C@H](c2ccncn2)C1. The van der Waals surface area contributed by atoms with Crippen molar-refractivity contribution < 1.29 is 4.79 Å². The highest BCUT2D eigenvalue weighted by molar-refractivity contribution is 5.74. The lowest BCUT2D eigenvalue weighted by atomic mass is 9.95. The quantitative estimate of drug-likeness (QED) is 0.819. The van der Waals surface area contributed by atoms with Crippen LogP contribution in [0.15, 0.2) is 18.6 Å². The van der Waals surface area contributed by atoms with Crippen LogP contribution in [0.25, 0.3) is 0 Å². The number of nitrogens with zero attached hydrogens (tertiary/aromatic N) is 3. The molecule has 1 saturated heterocycles. The van der Waals surface area contributed by atoms with Gasteiger partial charge in [-0.25, -0.2) is 14.8 Å². The van der Waals surface area contributed by atoms with Gasteiger partial charge >= 0.3 is 6.03 Å². The van der Waals surface area contributed by atoms with E-state index >= 15 is 0 Å². The molecule has 1 fully saturated rings. The van der Waals surface area contributed by atoms with E-state index in [-0.39, 0.29) is 6.03 Å². The highest BCUT2D eigenvalue weighted by Gasteiger charge is 2.25. The number of amides is 2. The second kappa shape index (κ2) is 8.60. The number of hydrogen-bond acceptors (Lipinski definition) is 3. The smallest absolute Gasteiger partial charge is 0.317 e. The van der Waals surface area contributed by atoms with Crippen LogP contribution in [-0.4, -0.2) is 40.5 Å². The zero-order chi connectivity index (χ0) is 14.9. The first-order valence-electron chi connectivity index (χ1n) is 8.10. The number of aromatic nitrogens is 2. The lowest BCUT2D eigenvalue weighted by Gasteiger charge is -2.32. The molecule has 1 atom stereocenters. The zero-order valence-electron chi connectivity index (χ0n) is 12.9. The van der Waals surface area contributed by atoms with Crippen molar-refractivity contribution in [1.29, 1.82) is 0 Å². The molecule has 116 valence electrons. The fourth-order valence-electron chi connectivity index (χ4n) is 2.80. The van der Waals surface area contributed by atoms with Gasteiger partial charge in [0.2, 0.25) is 0 Å². The number of urea groups is 1. The van der Waals surface area contributed by atoms with Crippen molar-refractivity contribution in [3.05, 3.63) is 24.3 Å². The first-order chi connectivity index (χ1) is 10.3. The van der Waals surface area contributed by atoms with Gasteiger partial charge in [-0.2, -0.15) is 0 Å². The Bertz CT molecular complexity index is 424. The third-order valence-electron chi connectivity index (χ3n) is 4.04.